The molecule has 3 rings (SSSR count). The van der Waals surface area contributed by atoms with Gasteiger partial charge in [-0.3, -0.25) is 4.79 Å². The molecule has 2 aromatic carbocycles. The van der Waals surface area contributed by atoms with Gasteiger partial charge in [0.25, 0.3) is 0 Å². The Kier molecular flexibility index (Phi) is 6.22. The van der Waals surface area contributed by atoms with E-state index in [1.165, 1.54) is 5.56 Å². The number of nitrogens with zero attached hydrogens (tertiary/aromatic N) is 1. The van der Waals surface area contributed by atoms with Crippen LogP contribution in [0.2, 0.25) is 0 Å². The number of anilines is 2. The van der Waals surface area contributed by atoms with E-state index in [0.717, 1.165) is 6.42 Å². The third kappa shape index (κ3) is 4.96. The van der Waals surface area contributed by atoms with Gasteiger partial charge in [0.2, 0.25) is 5.91 Å². The first-order chi connectivity index (χ1) is 13.9. The fourth-order valence-corrected chi connectivity index (χ4v) is 3.18. The molecule has 0 unspecified atom stereocenters. The van der Waals surface area contributed by atoms with E-state index < -0.39 is 5.41 Å². The van der Waals surface area contributed by atoms with Gasteiger partial charge in [-0.2, -0.15) is 0 Å². The van der Waals surface area contributed by atoms with Gasteiger partial charge in [0.1, 0.15) is 12.4 Å². The predicted molar refractivity (Wildman–Crippen MR) is 115 cm³/mol. The molecule has 6 heteroatoms. The summed E-state index contributed by atoms with van der Waals surface area (Å²) >= 11 is 0. The molecular formula is C23H27N3O3. The van der Waals surface area contributed by atoms with Gasteiger partial charge in [-0.1, -0.05) is 36.4 Å². The molecule has 3 amide bonds. The van der Waals surface area contributed by atoms with Crippen molar-refractivity contribution in [3.05, 3.63) is 66.7 Å². The smallest absolute Gasteiger partial charge is 0.319 e. The maximum Gasteiger partial charge on any atom is 0.319 e. The zero-order valence-electron chi connectivity index (χ0n) is 16.9. The molecule has 2 N–H and O–H groups in total. The summed E-state index contributed by atoms with van der Waals surface area (Å²) < 4.78 is 5.90. The van der Waals surface area contributed by atoms with E-state index in [0.29, 0.717) is 30.2 Å². The van der Waals surface area contributed by atoms with Crippen LogP contribution in [-0.2, 0) is 11.2 Å². The summed E-state index contributed by atoms with van der Waals surface area (Å²) in [5.74, 6) is 0.545. The Morgan fingerprint density at radius 1 is 1.24 bits per heavy atom. The Morgan fingerprint density at radius 2 is 2.00 bits per heavy atom. The zero-order valence-corrected chi connectivity index (χ0v) is 16.9. The number of hydrogen-bond donors (Lipinski definition) is 2. The lowest BCUT2D eigenvalue weighted by molar-refractivity contribution is -0.127. The molecule has 0 bridgehead atoms. The van der Waals surface area contributed by atoms with Crippen LogP contribution in [0, 0.1) is 5.41 Å². The lowest BCUT2D eigenvalue weighted by Crippen LogP contribution is -2.42. The highest BCUT2D eigenvalue weighted by Gasteiger charge is 2.37. The van der Waals surface area contributed by atoms with E-state index in [2.05, 4.69) is 17.2 Å². The number of urea groups is 1. The normalized spacial score (nSPS) is 15.0. The summed E-state index contributed by atoms with van der Waals surface area (Å²) in [4.78, 5) is 26.7. The number of fused-ring (bicyclic) bond motifs is 1. The second kappa shape index (κ2) is 8.82. The Labute approximate surface area is 171 Å². The topological polar surface area (TPSA) is 70.7 Å². The molecule has 1 heterocycles. The molecule has 0 saturated carbocycles. The zero-order chi connectivity index (χ0) is 20.9. The first-order valence-electron chi connectivity index (χ1n) is 9.69. The summed E-state index contributed by atoms with van der Waals surface area (Å²) in [7, 11) is 0. The highest BCUT2D eigenvalue weighted by Crippen LogP contribution is 2.38. The molecule has 1 aliphatic heterocycles. The fourth-order valence-electron chi connectivity index (χ4n) is 3.18. The van der Waals surface area contributed by atoms with Gasteiger partial charge in [0.05, 0.1) is 11.1 Å². The molecule has 29 heavy (non-hydrogen) atoms. The van der Waals surface area contributed by atoms with Crippen LogP contribution < -0.4 is 20.3 Å². The van der Waals surface area contributed by atoms with Crippen molar-refractivity contribution in [1.29, 1.82) is 0 Å². The third-order valence-electron chi connectivity index (χ3n) is 4.77. The number of carbonyl (C=O) groups excluding carboxylic acids is 2. The van der Waals surface area contributed by atoms with Crippen molar-refractivity contribution in [2.75, 3.05) is 29.9 Å². The summed E-state index contributed by atoms with van der Waals surface area (Å²) in [6, 6.07) is 15.0. The number of carbonyl (C=O) groups is 2. The van der Waals surface area contributed by atoms with E-state index >= 15 is 0 Å². The molecular weight excluding hydrogens is 366 g/mol. The van der Waals surface area contributed by atoms with Gasteiger partial charge >= 0.3 is 6.03 Å². The Morgan fingerprint density at radius 3 is 2.72 bits per heavy atom. The van der Waals surface area contributed by atoms with E-state index in [9.17, 15) is 9.59 Å². The molecule has 1 aliphatic rings. The molecule has 0 fully saturated rings. The Bertz CT molecular complexity index is 893. The van der Waals surface area contributed by atoms with E-state index in [4.69, 9.17) is 4.74 Å². The maximum absolute atomic E-state index is 12.8. The summed E-state index contributed by atoms with van der Waals surface area (Å²) in [5, 5.41) is 5.68. The Hall–Kier alpha value is -3.28. The molecule has 152 valence electrons. The van der Waals surface area contributed by atoms with Gasteiger partial charge in [-0.15, -0.1) is 6.58 Å². The van der Waals surface area contributed by atoms with Crippen molar-refractivity contribution in [2.45, 2.75) is 20.3 Å². The molecule has 0 aromatic heterocycles. The highest BCUT2D eigenvalue weighted by atomic mass is 16.5. The largest absolute Gasteiger partial charge is 0.490 e. The quantitative estimate of drug-likeness (QED) is 0.729. The molecule has 0 saturated heterocycles. The second-order valence-electron chi connectivity index (χ2n) is 7.68. The molecule has 2 aromatic rings. The summed E-state index contributed by atoms with van der Waals surface area (Å²) in [6.07, 6.45) is 2.45. The molecule has 0 spiro atoms. The van der Waals surface area contributed by atoms with Gasteiger partial charge in [-0.05, 0) is 38.0 Å². The standard InChI is InChI=1S/C23H27N3O3/c1-4-14-26-19-11-10-18(15-20(19)29-16-23(2,3)21(26)27)25-22(28)24-13-12-17-8-6-5-7-9-17/h4-11,15H,1,12-14,16H2,2-3H3,(H2,24,25,28). The van der Waals surface area contributed by atoms with Crippen molar-refractivity contribution in [3.8, 4) is 5.75 Å². The molecule has 0 radical (unpaired) electrons. The number of rotatable bonds is 6. The Balaban J connectivity index is 1.66. The second-order valence-corrected chi connectivity index (χ2v) is 7.68. The fraction of sp³-hybridized carbons (Fsp3) is 0.304. The maximum atomic E-state index is 12.8. The van der Waals surface area contributed by atoms with E-state index in [1.54, 1.807) is 29.2 Å². The minimum Gasteiger partial charge on any atom is -0.490 e. The number of nitrogens with one attached hydrogen (secondary N) is 2. The number of hydrogen-bond acceptors (Lipinski definition) is 3. The van der Waals surface area contributed by atoms with Crippen LogP contribution >= 0.6 is 0 Å². The minimum absolute atomic E-state index is 0.0180. The first-order valence-corrected chi connectivity index (χ1v) is 9.69. The molecule has 6 nitrogen and oxygen atoms in total. The first kappa shape index (κ1) is 20.5. The minimum atomic E-state index is -0.648. The van der Waals surface area contributed by atoms with Crippen molar-refractivity contribution in [2.24, 2.45) is 5.41 Å². The average Bonchev–Trinajstić information content (AvgIpc) is 2.79. The van der Waals surface area contributed by atoms with Crippen LogP contribution in [0.5, 0.6) is 5.75 Å². The van der Waals surface area contributed by atoms with Crippen molar-refractivity contribution < 1.29 is 14.3 Å². The van der Waals surface area contributed by atoms with E-state index in [-0.39, 0.29) is 18.5 Å². The van der Waals surface area contributed by atoms with Gasteiger partial charge in [-0.25, -0.2) is 4.79 Å². The van der Waals surface area contributed by atoms with Gasteiger partial charge < -0.3 is 20.3 Å². The van der Waals surface area contributed by atoms with Crippen LogP contribution in [0.1, 0.15) is 19.4 Å². The molecule has 0 aliphatic carbocycles. The van der Waals surface area contributed by atoms with Crippen molar-refractivity contribution >= 4 is 23.3 Å². The number of amides is 3. The molecule has 0 atom stereocenters. The van der Waals surface area contributed by atoms with Crippen molar-refractivity contribution in [1.82, 2.24) is 5.32 Å². The number of ether oxygens (including phenoxy) is 1. The van der Waals surface area contributed by atoms with Crippen LogP contribution in [-0.4, -0.2) is 31.6 Å². The average molecular weight is 393 g/mol. The predicted octanol–water partition coefficient (Wildman–Crippen LogP) is 3.99. The monoisotopic (exact) mass is 393 g/mol. The van der Waals surface area contributed by atoms with Crippen LogP contribution in [0.25, 0.3) is 0 Å². The number of benzene rings is 2. The summed E-state index contributed by atoms with van der Waals surface area (Å²) in [5.41, 5.74) is 1.80. The SMILES string of the molecule is C=CCN1C(=O)C(C)(C)COc2cc(NC(=O)NCCc3ccccc3)ccc21. The van der Waals surface area contributed by atoms with Crippen LogP contribution in [0.3, 0.4) is 0 Å². The highest BCUT2D eigenvalue weighted by molar-refractivity contribution is 6.00. The summed E-state index contributed by atoms with van der Waals surface area (Å²) in [6.45, 7) is 8.66. The van der Waals surface area contributed by atoms with Gasteiger partial charge in [0, 0.05) is 24.8 Å². The van der Waals surface area contributed by atoms with Gasteiger partial charge in [0.15, 0.2) is 0 Å². The van der Waals surface area contributed by atoms with Crippen LogP contribution in [0.15, 0.2) is 61.2 Å². The lowest BCUT2D eigenvalue weighted by Gasteiger charge is -2.27. The lowest BCUT2D eigenvalue weighted by atomic mass is 9.93. The van der Waals surface area contributed by atoms with Crippen molar-refractivity contribution in [3.63, 3.8) is 0 Å². The van der Waals surface area contributed by atoms with E-state index in [1.807, 2.05) is 44.2 Å². The van der Waals surface area contributed by atoms with Crippen LogP contribution in [0.4, 0.5) is 16.2 Å². The third-order valence-corrected chi connectivity index (χ3v) is 4.77.